The maximum Gasteiger partial charge on any atom is 0.155 e. The van der Waals surface area contributed by atoms with E-state index in [-0.39, 0.29) is 71.4 Å². The van der Waals surface area contributed by atoms with E-state index in [1.54, 1.807) is 0 Å². The molecule has 188 valence electrons. The minimum Gasteiger partial charge on any atom is -0.309 e. The number of hydrogen-bond acceptors (Lipinski definition) is 2. The van der Waals surface area contributed by atoms with Gasteiger partial charge < -0.3 is 4.57 Å². The monoisotopic (exact) mass is 549 g/mol. The van der Waals surface area contributed by atoms with E-state index in [1.807, 2.05) is 0 Å². The van der Waals surface area contributed by atoms with Crippen LogP contribution in [0.2, 0.25) is 0 Å². The number of rotatable bonds is 2. The highest BCUT2D eigenvalue weighted by Crippen LogP contribution is 2.41. The third-order valence-corrected chi connectivity index (χ3v) is 7.84. The molecule has 9 rings (SSSR count). The number of pyridine rings is 1. The van der Waals surface area contributed by atoms with Crippen molar-refractivity contribution in [2.45, 2.75) is 6.92 Å². The van der Waals surface area contributed by atoms with E-state index in [9.17, 15) is 4.11 Å². The molecule has 0 aliphatic heterocycles. The Labute approximate surface area is 262 Å². The lowest BCUT2D eigenvalue weighted by atomic mass is 10.1. The molecule has 9 aromatic rings. The van der Waals surface area contributed by atoms with Gasteiger partial charge in [-0.15, -0.1) is 11.3 Å². The summed E-state index contributed by atoms with van der Waals surface area (Å²) < 4.78 is 179. The molecule has 4 aromatic heterocycles. The second-order valence-electron chi connectivity index (χ2n) is 8.97. The molecule has 4 heteroatoms. The maximum atomic E-state index is 9.79. The van der Waals surface area contributed by atoms with Crippen molar-refractivity contribution in [2.75, 3.05) is 0 Å². The normalized spacial score (nSPS) is 19.1. The number of hydrogen-bond donors (Lipinski definition) is 0. The van der Waals surface area contributed by atoms with E-state index < -0.39 is 130 Å². The Morgan fingerprint density at radius 2 is 1.20 bits per heavy atom. The summed E-state index contributed by atoms with van der Waals surface area (Å²) in [4.78, 5) is 4.35. The first kappa shape index (κ1) is 10.2. The lowest BCUT2D eigenvalue weighted by Gasteiger charge is -2.10. The second-order valence-corrected chi connectivity index (χ2v) is 9.99. The van der Waals surface area contributed by atoms with Gasteiger partial charge in [-0.2, -0.15) is 0 Å². The largest absolute Gasteiger partial charge is 0.309 e. The predicted octanol–water partition coefficient (Wildman–Crippen LogP) is 9.95. The fourth-order valence-corrected chi connectivity index (χ4v) is 6.14. The molecule has 0 fully saturated rings. The van der Waals surface area contributed by atoms with E-state index in [0.717, 1.165) is 20.5 Å². The predicted molar refractivity (Wildman–Crippen MR) is 171 cm³/mol. The molecule has 0 atom stereocenters. The van der Waals surface area contributed by atoms with Crippen LogP contribution in [0.4, 0.5) is 0 Å². The smallest absolute Gasteiger partial charge is 0.155 e. The van der Waals surface area contributed by atoms with Gasteiger partial charge in [-0.25, -0.2) is 4.98 Å². The molecule has 0 saturated heterocycles. The van der Waals surface area contributed by atoms with Gasteiger partial charge in [0.25, 0.3) is 0 Å². The molecule has 0 bridgehead atoms. The average Bonchev–Trinajstić information content (AvgIpc) is 3.91. The van der Waals surface area contributed by atoms with Crippen molar-refractivity contribution in [3.63, 3.8) is 0 Å². The molecule has 40 heavy (non-hydrogen) atoms. The molecule has 4 heterocycles. The van der Waals surface area contributed by atoms with Crippen LogP contribution in [0, 0.1) is 6.92 Å². The first-order chi connectivity index (χ1) is 28.1. The zero-order chi connectivity index (χ0) is 43.8. The summed E-state index contributed by atoms with van der Waals surface area (Å²) in [5.41, 5.74) is -2.17. The molecule has 0 aliphatic rings. The number of aromatic nitrogens is 3. The molecule has 0 saturated carbocycles. The highest BCUT2D eigenvalue weighted by atomic mass is 32.1. The Morgan fingerprint density at radius 3 is 1.93 bits per heavy atom. The van der Waals surface area contributed by atoms with Gasteiger partial charge >= 0.3 is 0 Å². The van der Waals surface area contributed by atoms with Crippen LogP contribution in [0.25, 0.3) is 75.3 Å². The highest BCUT2D eigenvalue weighted by Gasteiger charge is 2.19. The summed E-state index contributed by atoms with van der Waals surface area (Å²) in [7, 11) is 0. The molecule has 0 spiro atoms. The second kappa shape index (κ2) is 8.04. The van der Waals surface area contributed by atoms with Crippen molar-refractivity contribution in [2.24, 2.45) is 0 Å². The minimum absolute atomic E-state index is 0.0279. The summed E-state index contributed by atoms with van der Waals surface area (Å²) >= 11 is 0.828. The Kier molecular flexibility index (Phi) is 2.06. The first-order valence-electron chi connectivity index (χ1n) is 21.9. The Balaban J connectivity index is 1.58. The number of fused-ring (bicyclic) bond motifs is 9. The van der Waals surface area contributed by atoms with Crippen molar-refractivity contribution < 1.29 is 27.4 Å². The molecular formula is C36H23N3S. The number of thiophene rings is 1. The molecular weight excluding hydrogens is 506 g/mol. The fraction of sp³-hybridized carbons (Fsp3) is 0.0278. The number of benzene rings is 5. The lowest BCUT2D eigenvalue weighted by molar-refractivity contribution is 1.10. The van der Waals surface area contributed by atoms with Gasteiger partial charge in [0, 0.05) is 48.9 Å². The van der Waals surface area contributed by atoms with Crippen molar-refractivity contribution in [1.29, 1.82) is 0 Å². The van der Waals surface area contributed by atoms with E-state index in [0.29, 0.717) is 0 Å². The first-order valence-corrected chi connectivity index (χ1v) is 12.8. The summed E-state index contributed by atoms with van der Waals surface area (Å²) in [5, 5.41) is -1.45. The fourth-order valence-electron chi connectivity index (χ4n) is 5.10. The van der Waals surface area contributed by atoms with Crippen LogP contribution in [0.5, 0.6) is 0 Å². The van der Waals surface area contributed by atoms with Crippen LogP contribution in [-0.2, 0) is 0 Å². The quantitative estimate of drug-likeness (QED) is 0.210. The van der Waals surface area contributed by atoms with Crippen molar-refractivity contribution in [3.05, 3.63) is 127 Å². The highest BCUT2D eigenvalue weighted by molar-refractivity contribution is 7.26. The van der Waals surface area contributed by atoms with Gasteiger partial charge in [-0.1, -0.05) is 66.0 Å². The van der Waals surface area contributed by atoms with Gasteiger partial charge in [0.2, 0.25) is 0 Å². The molecule has 0 amide bonds. The summed E-state index contributed by atoms with van der Waals surface area (Å²) in [5.74, 6) is -0.305. The van der Waals surface area contributed by atoms with Crippen LogP contribution in [-0.4, -0.2) is 14.1 Å². The molecule has 5 aromatic carbocycles. The minimum atomic E-state index is -0.836. The summed E-state index contributed by atoms with van der Waals surface area (Å²) in [6, 6.07) is -12.3. The molecule has 3 nitrogen and oxygen atoms in total. The topological polar surface area (TPSA) is 22.8 Å². The SMILES string of the molecule is [2H]c1nc(-n2c3c([2H])c([2H])c([2H])c([2H])c3c3c([2H])c(-n4c5c([2H])c([2H])c([2H])c([2H])c5c5c([2H])c([2H])c([2H])c([2H])c54)c([2H])c([2H])c32)c2sc3c([2H])c([2H])c(C)c([2H])c3c2c1[2H]. The zero-order valence-corrected chi connectivity index (χ0v) is 21.1. The van der Waals surface area contributed by atoms with Crippen LogP contribution >= 0.6 is 11.3 Å². The van der Waals surface area contributed by atoms with E-state index >= 15 is 0 Å². The Bertz CT molecular complexity index is 3490. The molecule has 0 radical (unpaired) electrons. The van der Waals surface area contributed by atoms with Crippen LogP contribution < -0.4 is 0 Å². The zero-order valence-electron chi connectivity index (χ0n) is 40.2. The Morgan fingerprint density at radius 1 is 0.575 bits per heavy atom. The third-order valence-electron chi connectivity index (χ3n) is 6.74. The van der Waals surface area contributed by atoms with Gasteiger partial charge in [-0.3, -0.25) is 4.57 Å². The standard InChI is InChI=1S/C36H23N3S/c1-22-14-17-34-29(20-22)27-18-19-37-36(35(27)40-34)39-32-13-7-4-10-26(32)28-21-23(15-16-33(28)39)38-30-11-5-2-8-24(30)25-9-3-6-12-31(25)38/h2-21H,1H3/i2D,3D,4D,5D,6D,7D,8D,9D,10D,11D,12D,13D,14D,15D,16D,17D,18D,19D,20D,21D. The number of nitrogens with zero attached hydrogens (tertiary/aromatic N) is 3. The molecule has 0 N–H and O–H groups in total. The lowest BCUT2D eigenvalue weighted by Crippen LogP contribution is -1.98. The van der Waals surface area contributed by atoms with Crippen LogP contribution in [0.1, 0.15) is 33.0 Å². The van der Waals surface area contributed by atoms with Crippen molar-refractivity contribution in [3.8, 4) is 11.5 Å². The van der Waals surface area contributed by atoms with Crippen molar-refractivity contribution >= 4 is 75.1 Å². The number of para-hydroxylation sites is 3. The molecule has 0 unspecified atom stereocenters. The maximum absolute atomic E-state index is 9.79. The van der Waals surface area contributed by atoms with Crippen LogP contribution in [0.15, 0.2) is 121 Å². The summed E-state index contributed by atoms with van der Waals surface area (Å²) in [6.07, 6.45) is -0.666. The van der Waals surface area contributed by atoms with Crippen LogP contribution in [0.3, 0.4) is 0 Å². The van der Waals surface area contributed by atoms with Crippen molar-refractivity contribution in [1.82, 2.24) is 14.1 Å². The summed E-state index contributed by atoms with van der Waals surface area (Å²) in [6.45, 7) is 1.46. The van der Waals surface area contributed by atoms with E-state index in [1.165, 1.54) is 6.92 Å². The van der Waals surface area contributed by atoms with Gasteiger partial charge in [-0.05, 0) is 61.3 Å². The third kappa shape index (κ3) is 2.91. The van der Waals surface area contributed by atoms with E-state index in [4.69, 9.17) is 23.3 Å². The van der Waals surface area contributed by atoms with Gasteiger partial charge in [0.1, 0.15) is 0 Å². The van der Waals surface area contributed by atoms with E-state index in [2.05, 4.69) is 4.98 Å². The van der Waals surface area contributed by atoms with Gasteiger partial charge in [0.05, 0.1) is 54.2 Å². The molecule has 0 aliphatic carbocycles. The average molecular weight is 550 g/mol. The Hall–Kier alpha value is -4.93. The van der Waals surface area contributed by atoms with Gasteiger partial charge in [0.15, 0.2) is 5.82 Å².